The molecule has 94 valence electrons. The molecule has 0 amide bonds. The average Bonchev–Trinajstić information content (AvgIpc) is 2.39. The van der Waals surface area contributed by atoms with Crippen molar-refractivity contribution in [3.63, 3.8) is 0 Å². The molecule has 3 heteroatoms. The van der Waals surface area contributed by atoms with Crippen LogP contribution in [-0.2, 0) is 5.75 Å². The van der Waals surface area contributed by atoms with Crippen LogP contribution >= 0.6 is 11.8 Å². The first kappa shape index (κ1) is 12.8. The summed E-state index contributed by atoms with van der Waals surface area (Å²) in [6.07, 6.45) is 2.66. The quantitative estimate of drug-likeness (QED) is 0.816. The van der Waals surface area contributed by atoms with Gasteiger partial charge in [0.25, 0.3) is 0 Å². The van der Waals surface area contributed by atoms with Crippen molar-refractivity contribution in [1.82, 2.24) is 4.90 Å². The molecule has 0 unspecified atom stereocenters. The van der Waals surface area contributed by atoms with Gasteiger partial charge in [0, 0.05) is 11.0 Å². The van der Waals surface area contributed by atoms with Gasteiger partial charge in [-0.2, -0.15) is 11.8 Å². The lowest BCUT2D eigenvalue weighted by atomic mass is 10.1. The van der Waals surface area contributed by atoms with Crippen LogP contribution in [-0.4, -0.2) is 37.4 Å². The summed E-state index contributed by atoms with van der Waals surface area (Å²) in [5, 5.41) is 0.841. The molecule has 2 rings (SSSR count). The van der Waals surface area contributed by atoms with Crippen LogP contribution in [0.3, 0.4) is 0 Å². The number of ether oxygens (including phenoxy) is 1. The molecule has 0 spiro atoms. The minimum absolute atomic E-state index is 0.841. The Hall–Kier alpha value is -0.670. The van der Waals surface area contributed by atoms with Gasteiger partial charge in [0.1, 0.15) is 5.75 Å². The molecule has 0 atom stereocenters. The van der Waals surface area contributed by atoms with Crippen molar-refractivity contribution in [3.05, 3.63) is 29.8 Å². The summed E-state index contributed by atoms with van der Waals surface area (Å²) in [6.45, 7) is 2.50. The van der Waals surface area contributed by atoms with Gasteiger partial charge in [0.2, 0.25) is 0 Å². The molecule has 0 N–H and O–H groups in total. The van der Waals surface area contributed by atoms with Gasteiger partial charge in [-0.15, -0.1) is 0 Å². The number of nitrogens with zero attached hydrogens (tertiary/aromatic N) is 1. The third-order valence-corrected chi connectivity index (χ3v) is 4.75. The molecular formula is C14H21NOS. The van der Waals surface area contributed by atoms with E-state index in [1.807, 2.05) is 12.1 Å². The van der Waals surface area contributed by atoms with Crippen molar-refractivity contribution in [2.75, 3.05) is 27.2 Å². The highest BCUT2D eigenvalue weighted by molar-refractivity contribution is 7.99. The zero-order valence-corrected chi connectivity index (χ0v) is 11.5. The first-order valence-corrected chi connectivity index (χ1v) is 7.26. The number of rotatable bonds is 4. The second-order valence-electron chi connectivity index (χ2n) is 4.66. The number of hydrogen-bond donors (Lipinski definition) is 0. The van der Waals surface area contributed by atoms with Crippen LogP contribution in [0, 0.1) is 0 Å². The third kappa shape index (κ3) is 3.93. The molecule has 1 aliphatic heterocycles. The fourth-order valence-electron chi connectivity index (χ4n) is 2.09. The summed E-state index contributed by atoms with van der Waals surface area (Å²) in [7, 11) is 3.92. The molecule has 2 nitrogen and oxygen atoms in total. The van der Waals surface area contributed by atoms with E-state index in [4.69, 9.17) is 4.74 Å². The normalized spacial score (nSPS) is 18.2. The molecule has 0 radical (unpaired) electrons. The van der Waals surface area contributed by atoms with E-state index in [0.29, 0.717) is 0 Å². The lowest BCUT2D eigenvalue weighted by Crippen LogP contribution is -2.31. The Morgan fingerprint density at radius 3 is 2.47 bits per heavy atom. The minimum Gasteiger partial charge on any atom is -0.497 e. The first-order valence-electron chi connectivity index (χ1n) is 6.21. The Morgan fingerprint density at radius 2 is 1.88 bits per heavy atom. The molecule has 1 aromatic rings. The van der Waals surface area contributed by atoms with Gasteiger partial charge in [-0.3, -0.25) is 0 Å². The van der Waals surface area contributed by atoms with E-state index in [0.717, 1.165) is 16.8 Å². The van der Waals surface area contributed by atoms with E-state index >= 15 is 0 Å². The zero-order valence-electron chi connectivity index (χ0n) is 10.7. The van der Waals surface area contributed by atoms with Crippen LogP contribution < -0.4 is 4.74 Å². The fourth-order valence-corrected chi connectivity index (χ4v) is 3.25. The molecule has 0 bridgehead atoms. The SMILES string of the molecule is COc1ccc(CSC2CCN(C)CC2)cc1. The number of hydrogen-bond acceptors (Lipinski definition) is 3. The molecule has 17 heavy (non-hydrogen) atoms. The van der Waals surface area contributed by atoms with Crippen molar-refractivity contribution < 1.29 is 4.74 Å². The monoisotopic (exact) mass is 251 g/mol. The molecule has 1 heterocycles. The molecule has 1 fully saturated rings. The maximum atomic E-state index is 5.16. The van der Waals surface area contributed by atoms with Crippen LogP contribution in [0.1, 0.15) is 18.4 Å². The van der Waals surface area contributed by atoms with Gasteiger partial charge in [-0.25, -0.2) is 0 Å². The first-order chi connectivity index (χ1) is 8.28. The van der Waals surface area contributed by atoms with Gasteiger partial charge in [-0.1, -0.05) is 12.1 Å². The summed E-state index contributed by atoms with van der Waals surface area (Å²) in [6, 6.07) is 8.43. The Bertz CT molecular complexity index is 331. The third-order valence-electron chi connectivity index (χ3n) is 3.31. The molecule has 1 aromatic carbocycles. The van der Waals surface area contributed by atoms with E-state index in [2.05, 4.69) is 35.8 Å². The summed E-state index contributed by atoms with van der Waals surface area (Å²) in [5.41, 5.74) is 1.40. The Morgan fingerprint density at radius 1 is 1.24 bits per heavy atom. The van der Waals surface area contributed by atoms with Gasteiger partial charge in [0.05, 0.1) is 7.11 Å². The number of benzene rings is 1. The highest BCUT2D eigenvalue weighted by Gasteiger charge is 2.16. The van der Waals surface area contributed by atoms with E-state index in [9.17, 15) is 0 Å². The number of methoxy groups -OCH3 is 1. The number of thioether (sulfide) groups is 1. The van der Waals surface area contributed by atoms with E-state index in [1.165, 1.54) is 31.5 Å². The van der Waals surface area contributed by atoms with Crippen molar-refractivity contribution >= 4 is 11.8 Å². The van der Waals surface area contributed by atoms with Crippen LogP contribution in [0.2, 0.25) is 0 Å². The summed E-state index contributed by atoms with van der Waals surface area (Å²) in [5.74, 6) is 2.07. The summed E-state index contributed by atoms with van der Waals surface area (Å²) >= 11 is 2.10. The smallest absolute Gasteiger partial charge is 0.118 e. The van der Waals surface area contributed by atoms with Crippen LogP contribution in [0.4, 0.5) is 0 Å². The molecule has 0 saturated carbocycles. The topological polar surface area (TPSA) is 12.5 Å². The summed E-state index contributed by atoms with van der Waals surface area (Å²) < 4.78 is 5.16. The highest BCUT2D eigenvalue weighted by atomic mass is 32.2. The predicted octanol–water partition coefficient (Wildman–Crippen LogP) is 3.02. The van der Waals surface area contributed by atoms with E-state index in [1.54, 1.807) is 7.11 Å². The second-order valence-corrected chi connectivity index (χ2v) is 5.95. The van der Waals surface area contributed by atoms with Crippen molar-refractivity contribution in [3.8, 4) is 5.75 Å². The van der Waals surface area contributed by atoms with Crippen LogP contribution in [0.15, 0.2) is 24.3 Å². The minimum atomic E-state index is 0.841. The zero-order chi connectivity index (χ0) is 12.1. The summed E-state index contributed by atoms with van der Waals surface area (Å²) in [4.78, 5) is 2.42. The molecule has 0 aliphatic carbocycles. The Kier molecular flexibility index (Phi) is 4.75. The van der Waals surface area contributed by atoms with Crippen LogP contribution in [0.25, 0.3) is 0 Å². The standard InChI is InChI=1S/C14H21NOS/c1-15-9-7-14(8-10-15)17-11-12-3-5-13(16-2)6-4-12/h3-6,14H,7-11H2,1-2H3. The average molecular weight is 251 g/mol. The fraction of sp³-hybridized carbons (Fsp3) is 0.571. The molecule has 1 saturated heterocycles. The van der Waals surface area contributed by atoms with E-state index in [-0.39, 0.29) is 0 Å². The van der Waals surface area contributed by atoms with Gasteiger partial charge >= 0.3 is 0 Å². The maximum absolute atomic E-state index is 5.16. The maximum Gasteiger partial charge on any atom is 0.118 e. The Balaban J connectivity index is 1.77. The van der Waals surface area contributed by atoms with Crippen molar-refractivity contribution in [2.24, 2.45) is 0 Å². The lowest BCUT2D eigenvalue weighted by molar-refractivity contribution is 0.282. The Labute approximate surface area is 108 Å². The van der Waals surface area contributed by atoms with Gasteiger partial charge in [0.15, 0.2) is 0 Å². The second kappa shape index (κ2) is 6.31. The molecule has 1 aliphatic rings. The molecule has 0 aromatic heterocycles. The predicted molar refractivity (Wildman–Crippen MR) is 74.8 cm³/mol. The lowest BCUT2D eigenvalue weighted by Gasteiger charge is -2.28. The largest absolute Gasteiger partial charge is 0.497 e. The number of piperidine rings is 1. The van der Waals surface area contributed by atoms with E-state index < -0.39 is 0 Å². The van der Waals surface area contributed by atoms with Crippen LogP contribution in [0.5, 0.6) is 5.75 Å². The van der Waals surface area contributed by atoms with Gasteiger partial charge in [-0.05, 0) is 50.7 Å². The highest BCUT2D eigenvalue weighted by Crippen LogP contribution is 2.26. The molecular weight excluding hydrogens is 230 g/mol. The van der Waals surface area contributed by atoms with Crippen molar-refractivity contribution in [1.29, 1.82) is 0 Å². The number of likely N-dealkylation sites (tertiary alicyclic amines) is 1. The van der Waals surface area contributed by atoms with Gasteiger partial charge < -0.3 is 9.64 Å². The van der Waals surface area contributed by atoms with Crippen molar-refractivity contribution in [2.45, 2.75) is 23.8 Å².